The van der Waals surface area contributed by atoms with Crippen molar-refractivity contribution >= 4 is 10.0 Å². The fourth-order valence-corrected chi connectivity index (χ4v) is 3.14. The largest absolute Gasteiger partial charge is 0.387 e. The molecule has 124 valence electrons. The van der Waals surface area contributed by atoms with Crippen molar-refractivity contribution in [2.75, 3.05) is 6.54 Å². The monoisotopic (exact) mass is 345 g/mol. The van der Waals surface area contributed by atoms with Crippen LogP contribution in [0.1, 0.15) is 17.2 Å². The Hall–Kier alpha value is -1.90. The van der Waals surface area contributed by atoms with E-state index in [2.05, 4.69) is 0 Å². The van der Waals surface area contributed by atoms with Crippen molar-refractivity contribution in [2.24, 2.45) is 0 Å². The van der Waals surface area contributed by atoms with Crippen LogP contribution >= 0.6 is 0 Å². The van der Waals surface area contributed by atoms with Gasteiger partial charge in [0.15, 0.2) is 0 Å². The Morgan fingerprint density at radius 3 is 2.13 bits per heavy atom. The number of hydrogen-bond acceptors (Lipinski definition) is 3. The van der Waals surface area contributed by atoms with Crippen molar-refractivity contribution in [3.8, 4) is 0 Å². The number of benzene rings is 2. The lowest BCUT2D eigenvalue weighted by atomic mass is 10.1. The highest BCUT2D eigenvalue weighted by Gasteiger charge is 2.20. The minimum atomic E-state index is -4.11. The van der Waals surface area contributed by atoms with Gasteiger partial charge in [-0.2, -0.15) is 0 Å². The second-order valence-corrected chi connectivity index (χ2v) is 6.65. The third-order valence-corrected chi connectivity index (χ3v) is 4.43. The highest BCUT2D eigenvalue weighted by molar-refractivity contribution is 7.88. The minimum absolute atomic E-state index is 0.0766. The Balaban J connectivity index is 2.06. The summed E-state index contributed by atoms with van der Waals surface area (Å²) < 4.78 is 66.2. The minimum Gasteiger partial charge on any atom is -0.387 e. The fourth-order valence-electron chi connectivity index (χ4n) is 1.97. The van der Waals surface area contributed by atoms with E-state index in [4.69, 9.17) is 0 Å². The predicted molar refractivity (Wildman–Crippen MR) is 78.3 cm³/mol. The topological polar surface area (TPSA) is 66.4 Å². The molecule has 0 heterocycles. The van der Waals surface area contributed by atoms with Crippen molar-refractivity contribution in [2.45, 2.75) is 11.9 Å². The predicted octanol–water partition coefficient (Wildman–Crippen LogP) is 2.26. The normalized spacial score (nSPS) is 13.0. The number of sulfonamides is 1. The van der Waals surface area contributed by atoms with Crippen LogP contribution in [0.3, 0.4) is 0 Å². The highest BCUT2D eigenvalue weighted by Crippen LogP contribution is 2.17. The molecule has 2 aromatic carbocycles. The van der Waals surface area contributed by atoms with Gasteiger partial charge >= 0.3 is 0 Å². The number of halogens is 3. The summed E-state index contributed by atoms with van der Waals surface area (Å²) in [6, 6.07) is 8.37. The molecule has 0 radical (unpaired) electrons. The molecule has 0 aliphatic rings. The average Bonchev–Trinajstić information content (AvgIpc) is 2.49. The van der Waals surface area contributed by atoms with Gasteiger partial charge in [-0.25, -0.2) is 26.3 Å². The third-order valence-electron chi connectivity index (χ3n) is 3.16. The first-order valence-electron chi connectivity index (χ1n) is 6.63. The van der Waals surface area contributed by atoms with Crippen molar-refractivity contribution in [1.29, 1.82) is 0 Å². The molecule has 1 atom stereocenters. The van der Waals surface area contributed by atoms with E-state index in [0.29, 0.717) is 0 Å². The molecule has 0 aromatic heterocycles. The molecule has 0 saturated carbocycles. The molecule has 0 aliphatic carbocycles. The maximum atomic E-state index is 13.5. The standard InChI is InChI=1S/C15H14F3NO3S/c16-12-5-2-1-4-10(12)15(20)8-19-23(21,22)9-11-13(17)6-3-7-14(11)18/h1-7,15,19-20H,8-9H2. The lowest BCUT2D eigenvalue weighted by Gasteiger charge is -2.13. The van der Waals surface area contributed by atoms with Crippen LogP contribution < -0.4 is 4.72 Å². The van der Waals surface area contributed by atoms with Gasteiger partial charge in [-0.1, -0.05) is 24.3 Å². The summed E-state index contributed by atoms with van der Waals surface area (Å²) >= 11 is 0. The summed E-state index contributed by atoms with van der Waals surface area (Å²) in [6.07, 6.45) is -1.42. The third kappa shape index (κ3) is 4.54. The van der Waals surface area contributed by atoms with Gasteiger partial charge < -0.3 is 5.11 Å². The molecule has 4 nitrogen and oxygen atoms in total. The van der Waals surface area contributed by atoms with Crippen LogP contribution in [-0.2, 0) is 15.8 Å². The van der Waals surface area contributed by atoms with Gasteiger partial charge in [0.25, 0.3) is 0 Å². The van der Waals surface area contributed by atoms with Crippen LogP contribution in [0.4, 0.5) is 13.2 Å². The van der Waals surface area contributed by atoms with Gasteiger partial charge in [0.2, 0.25) is 10.0 Å². The average molecular weight is 345 g/mol. The number of aliphatic hydroxyl groups is 1. The Labute approximate surface area is 131 Å². The van der Waals surface area contributed by atoms with Crippen molar-refractivity contribution in [3.05, 3.63) is 71.0 Å². The van der Waals surface area contributed by atoms with E-state index >= 15 is 0 Å². The van der Waals surface area contributed by atoms with Crippen LogP contribution in [0.25, 0.3) is 0 Å². The van der Waals surface area contributed by atoms with Crippen LogP contribution in [0, 0.1) is 17.5 Å². The first-order valence-corrected chi connectivity index (χ1v) is 8.28. The molecule has 0 amide bonds. The molecular weight excluding hydrogens is 331 g/mol. The molecule has 2 N–H and O–H groups in total. The summed E-state index contributed by atoms with van der Waals surface area (Å²) in [4.78, 5) is 0. The quantitative estimate of drug-likeness (QED) is 0.844. The highest BCUT2D eigenvalue weighted by atomic mass is 32.2. The molecule has 0 aliphatic heterocycles. The molecular formula is C15H14F3NO3S. The summed E-state index contributed by atoms with van der Waals surface area (Å²) in [7, 11) is -4.11. The van der Waals surface area contributed by atoms with Gasteiger partial charge in [-0.15, -0.1) is 0 Å². The molecule has 0 spiro atoms. The number of aliphatic hydroxyl groups excluding tert-OH is 1. The van der Waals surface area contributed by atoms with Crippen LogP contribution in [0.2, 0.25) is 0 Å². The molecule has 1 unspecified atom stereocenters. The van der Waals surface area contributed by atoms with E-state index in [1.165, 1.54) is 18.2 Å². The van der Waals surface area contributed by atoms with Gasteiger partial charge in [0.1, 0.15) is 17.5 Å². The Morgan fingerprint density at radius 2 is 1.52 bits per heavy atom. The van der Waals surface area contributed by atoms with Crippen LogP contribution in [0.5, 0.6) is 0 Å². The van der Waals surface area contributed by atoms with Crippen LogP contribution in [0.15, 0.2) is 42.5 Å². The number of hydrogen-bond donors (Lipinski definition) is 2. The Morgan fingerprint density at radius 1 is 0.957 bits per heavy atom. The first-order chi connectivity index (χ1) is 10.8. The summed E-state index contributed by atoms with van der Waals surface area (Å²) in [5.41, 5.74) is -0.673. The first kappa shape index (κ1) is 17.5. The second-order valence-electron chi connectivity index (χ2n) is 4.85. The Kier molecular flexibility index (Phi) is 5.40. The molecule has 2 rings (SSSR count). The number of rotatable bonds is 6. The zero-order valence-corrected chi connectivity index (χ0v) is 12.7. The maximum absolute atomic E-state index is 13.5. The van der Waals surface area contributed by atoms with Gasteiger partial charge in [-0.05, 0) is 18.2 Å². The van der Waals surface area contributed by atoms with Gasteiger partial charge in [-0.3, -0.25) is 0 Å². The summed E-state index contributed by atoms with van der Waals surface area (Å²) in [5, 5.41) is 9.82. The fraction of sp³-hybridized carbons (Fsp3) is 0.200. The zero-order chi connectivity index (χ0) is 17.0. The molecule has 0 saturated heterocycles. The second kappa shape index (κ2) is 7.12. The van der Waals surface area contributed by atoms with E-state index in [-0.39, 0.29) is 5.56 Å². The molecule has 0 fully saturated rings. The summed E-state index contributed by atoms with van der Waals surface area (Å²) in [6.45, 7) is -0.515. The summed E-state index contributed by atoms with van der Waals surface area (Å²) in [5.74, 6) is -3.57. The van der Waals surface area contributed by atoms with E-state index in [0.717, 1.165) is 24.3 Å². The van der Waals surface area contributed by atoms with Gasteiger partial charge in [0.05, 0.1) is 11.9 Å². The molecule has 0 bridgehead atoms. The molecule has 2 aromatic rings. The SMILES string of the molecule is O=S(=O)(Cc1c(F)cccc1F)NCC(O)c1ccccc1F. The maximum Gasteiger partial charge on any atom is 0.216 e. The lowest BCUT2D eigenvalue weighted by molar-refractivity contribution is 0.177. The lowest BCUT2D eigenvalue weighted by Crippen LogP contribution is -2.30. The van der Waals surface area contributed by atoms with E-state index in [1.54, 1.807) is 0 Å². The van der Waals surface area contributed by atoms with Crippen LogP contribution in [-0.4, -0.2) is 20.1 Å². The molecule has 23 heavy (non-hydrogen) atoms. The smallest absolute Gasteiger partial charge is 0.216 e. The van der Waals surface area contributed by atoms with Crippen molar-refractivity contribution < 1.29 is 26.7 Å². The van der Waals surface area contributed by atoms with E-state index in [9.17, 15) is 26.7 Å². The Bertz CT molecular complexity index is 776. The van der Waals surface area contributed by atoms with Crippen molar-refractivity contribution in [3.63, 3.8) is 0 Å². The molecule has 8 heteroatoms. The van der Waals surface area contributed by atoms with Gasteiger partial charge in [0, 0.05) is 17.7 Å². The van der Waals surface area contributed by atoms with E-state index in [1.807, 2.05) is 4.72 Å². The van der Waals surface area contributed by atoms with Crippen molar-refractivity contribution in [1.82, 2.24) is 4.72 Å². The van der Waals surface area contributed by atoms with E-state index < -0.39 is 51.4 Å². The zero-order valence-electron chi connectivity index (χ0n) is 11.8. The number of nitrogens with one attached hydrogen (secondary N) is 1.